The molecule has 2 aliphatic rings. The largest absolute Gasteiger partial charge is 0.455 e. The molecule has 3 aromatic rings. The number of ether oxygens (including phenoxy) is 7. The van der Waals surface area contributed by atoms with Gasteiger partial charge in [-0.1, -0.05) is 106 Å². The monoisotopic (exact) mass is 1020 g/mol. The fourth-order valence-electron chi connectivity index (χ4n) is 9.32. The lowest BCUT2D eigenvalue weighted by molar-refractivity contribution is -0.239. The summed E-state index contributed by atoms with van der Waals surface area (Å²) in [6.07, 6.45) is -10.1. The molecule has 1 heterocycles. The van der Waals surface area contributed by atoms with Crippen LogP contribution in [-0.4, -0.2) is 118 Å². The molecule has 5 N–H and O–H groups in total. The summed E-state index contributed by atoms with van der Waals surface area (Å²) in [4.78, 5) is 96.7. The molecule has 0 spiro atoms. The lowest BCUT2D eigenvalue weighted by atomic mass is 9.55. The van der Waals surface area contributed by atoms with Gasteiger partial charge in [-0.3, -0.25) is 14.4 Å². The first-order chi connectivity index (χ1) is 34.2. The molecule has 0 aromatic heterocycles. The van der Waals surface area contributed by atoms with E-state index >= 15 is 0 Å². The smallest absolute Gasteiger partial charge is 0.408 e. The molecule has 73 heavy (non-hydrogen) atoms. The van der Waals surface area contributed by atoms with Gasteiger partial charge in [0, 0.05) is 18.8 Å². The lowest BCUT2D eigenvalue weighted by Gasteiger charge is -2.55. The van der Waals surface area contributed by atoms with E-state index in [-0.39, 0.29) is 24.2 Å². The number of hydrogen-bond acceptors (Lipinski definition) is 17. The van der Waals surface area contributed by atoms with Crippen LogP contribution in [0.1, 0.15) is 110 Å². The second kappa shape index (κ2) is 23.5. The summed E-state index contributed by atoms with van der Waals surface area (Å²) in [5, 5.41) is 41.4. The molecule has 0 radical (unpaired) electrons. The van der Waals surface area contributed by atoms with Gasteiger partial charge >= 0.3 is 36.1 Å². The second-order valence-corrected chi connectivity index (χ2v) is 20.1. The van der Waals surface area contributed by atoms with Gasteiger partial charge in [0.25, 0.3) is 0 Å². The number of aliphatic hydroxyl groups is 3. The summed E-state index contributed by atoms with van der Waals surface area (Å²) >= 11 is 0. The van der Waals surface area contributed by atoms with E-state index < -0.39 is 132 Å². The van der Waals surface area contributed by atoms with Crippen LogP contribution in [0.25, 0.3) is 0 Å². The van der Waals surface area contributed by atoms with E-state index in [4.69, 9.17) is 33.2 Å². The number of Topliss-reactive ketones (excluding diaryl/α,β-unsaturated/α-hetero) is 1. The van der Waals surface area contributed by atoms with Gasteiger partial charge in [0.15, 0.2) is 5.78 Å². The van der Waals surface area contributed by atoms with Crippen LogP contribution in [0.2, 0.25) is 0 Å². The van der Waals surface area contributed by atoms with Gasteiger partial charge in [-0.2, -0.15) is 0 Å². The lowest BCUT2D eigenvalue weighted by Crippen LogP contribution is -2.68. The standard InChI is InChI=1S/C54H68N2O17/c1-11-39(59)52(10,44(61)33(3)57)43(54(31-68-54)72-34(4)58)45(71-46(62)37-25-19-14-20-26-37)53(66)28-38(32(2)27-51(53,8)9)69-47(63)42(41(36-23-17-13-18-24-36)56-49(65)73-50(5,6)7)70-40(60)29-55-48(64)67-30-35-21-15-12-16-22-35/h12-27,33,38-39,41-43,45,57,59,66H,11,28-31H2,1-10H3,(H,55,64)(H,56,65)/t33-,38+,39+,41+,42-,43+,45+,52-,53-,54-/m1/s1. The molecule has 5 rings (SSSR count). The predicted molar refractivity (Wildman–Crippen MR) is 261 cm³/mol. The Hall–Kier alpha value is -6.67. The van der Waals surface area contributed by atoms with Gasteiger partial charge in [0.2, 0.25) is 11.9 Å². The van der Waals surface area contributed by atoms with E-state index in [2.05, 4.69) is 10.6 Å². The first-order valence-corrected chi connectivity index (χ1v) is 24.0. The number of esters is 4. The molecule has 3 aromatic carbocycles. The van der Waals surface area contributed by atoms with Crippen LogP contribution in [0.3, 0.4) is 0 Å². The molecule has 396 valence electrons. The Bertz CT molecular complexity index is 2470. The highest BCUT2D eigenvalue weighted by atomic mass is 16.8. The Balaban J connectivity index is 1.62. The number of ketones is 1. The van der Waals surface area contributed by atoms with Crippen molar-refractivity contribution >= 4 is 41.8 Å². The van der Waals surface area contributed by atoms with E-state index in [9.17, 15) is 48.9 Å². The highest BCUT2D eigenvalue weighted by Gasteiger charge is 2.73. The van der Waals surface area contributed by atoms with E-state index in [1.54, 1.807) is 133 Å². The molecule has 1 fully saturated rings. The summed E-state index contributed by atoms with van der Waals surface area (Å²) in [6.45, 7) is 13.4. The maximum atomic E-state index is 15.0. The minimum atomic E-state index is -2.47. The van der Waals surface area contributed by atoms with E-state index in [1.807, 2.05) is 0 Å². The molecule has 1 aliphatic heterocycles. The maximum Gasteiger partial charge on any atom is 0.408 e. The number of alkyl carbamates (subject to hydrolysis) is 2. The number of benzene rings is 3. The van der Waals surface area contributed by atoms with Crippen LogP contribution >= 0.6 is 0 Å². The number of epoxide rings is 1. The normalized spacial score (nSPS) is 22.4. The molecule has 2 amide bonds. The van der Waals surface area contributed by atoms with Crippen molar-refractivity contribution in [1.82, 2.24) is 10.6 Å². The summed E-state index contributed by atoms with van der Waals surface area (Å²) in [6, 6.07) is 22.9. The van der Waals surface area contributed by atoms with Crippen molar-refractivity contribution in [3.8, 4) is 0 Å². The SMILES string of the molecule is CC[C@H](O)[C@@](C)(C(=O)[C@@H](C)O)[C@H]([C@H](OC(=O)c1ccccc1)[C@]1(O)C[C@H](OC(=O)[C@H](OC(=O)CNC(=O)OCc2ccccc2)[C@@H](NC(=O)OC(C)(C)C)c2ccccc2)C(C)=CC1(C)C)[C@]1(OC(C)=O)CO1. The molecule has 0 saturated carbocycles. The number of aliphatic hydroxyl groups excluding tert-OH is 2. The Labute approximate surface area is 424 Å². The average molecular weight is 1020 g/mol. The Morgan fingerprint density at radius 2 is 1.42 bits per heavy atom. The third kappa shape index (κ3) is 13.9. The number of hydrogen-bond donors (Lipinski definition) is 5. The molecular formula is C54H68N2O17. The number of carbonyl (C=O) groups excluding carboxylic acids is 7. The number of carbonyl (C=O) groups is 7. The van der Waals surface area contributed by atoms with Gasteiger partial charge in [0.05, 0.1) is 23.0 Å². The van der Waals surface area contributed by atoms with Crippen molar-refractivity contribution in [2.75, 3.05) is 13.2 Å². The fraction of sp³-hybridized carbons (Fsp3) is 0.500. The van der Waals surface area contributed by atoms with Gasteiger partial charge in [-0.05, 0) is 76.8 Å². The molecule has 19 nitrogen and oxygen atoms in total. The van der Waals surface area contributed by atoms with Crippen LogP contribution in [0, 0.1) is 16.7 Å². The molecule has 0 unspecified atom stereocenters. The van der Waals surface area contributed by atoms with Crippen molar-refractivity contribution < 1.29 is 82.0 Å². The predicted octanol–water partition coefficient (Wildman–Crippen LogP) is 5.97. The molecule has 0 bridgehead atoms. The first-order valence-electron chi connectivity index (χ1n) is 24.0. The molecule has 1 aliphatic carbocycles. The summed E-state index contributed by atoms with van der Waals surface area (Å²) in [5.74, 6) is -9.20. The van der Waals surface area contributed by atoms with Crippen molar-refractivity contribution in [3.05, 3.63) is 119 Å². The van der Waals surface area contributed by atoms with Crippen LogP contribution in [0.4, 0.5) is 9.59 Å². The Morgan fingerprint density at radius 1 is 0.849 bits per heavy atom. The van der Waals surface area contributed by atoms with Crippen LogP contribution in [0.5, 0.6) is 0 Å². The summed E-state index contributed by atoms with van der Waals surface area (Å²) in [7, 11) is 0. The van der Waals surface area contributed by atoms with Gasteiger partial charge < -0.3 is 59.1 Å². The summed E-state index contributed by atoms with van der Waals surface area (Å²) in [5.41, 5.74) is -5.94. The minimum absolute atomic E-state index is 0.00376. The first kappa shape index (κ1) is 57.2. The highest BCUT2D eigenvalue weighted by molar-refractivity contribution is 5.91. The number of amides is 2. The van der Waals surface area contributed by atoms with E-state index in [0.29, 0.717) is 11.1 Å². The van der Waals surface area contributed by atoms with E-state index in [0.717, 1.165) is 6.92 Å². The van der Waals surface area contributed by atoms with Crippen molar-refractivity contribution in [3.63, 3.8) is 0 Å². The quantitative estimate of drug-likeness (QED) is 0.0356. The maximum absolute atomic E-state index is 15.0. The highest BCUT2D eigenvalue weighted by Crippen LogP contribution is 2.58. The zero-order chi connectivity index (χ0) is 54.1. The van der Waals surface area contributed by atoms with Crippen molar-refractivity contribution in [2.45, 2.75) is 142 Å². The molecule has 10 atom stereocenters. The van der Waals surface area contributed by atoms with Gasteiger partial charge in [0.1, 0.15) is 55.3 Å². The van der Waals surface area contributed by atoms with Crippen molar-refractivity contribution in [2.24, 2.45) is 16.7 Å². The van der Waals surface area contributed by atoms with E-state index in [1.165, 1.54) is 26.0 Å². The second-order valence-electron chi connectivity index (χ2n) is 20.1. The van der Waals surface area contributed by atoms with Crippen LogP contribution < -0.4 is 10.6 Å². The number of rotatable bonds is 21. The number of nitrogens with one attached hydrogen (secondary N) is 2. The Kier molecular flexibility index (Phi) is 18.4. The average Bonchev–Trinajstić information content (AvgIpc) is 4.10. The minimum Gasteiger partial charge on any atom is -0.455 e. The topological polar surface area (TPSA) is 272 Å². The fourth-order valence-corrected chi connectivity index (χ4v) is 9.32. The zero-order valence-electron chi connectivity index (χ0n) is 42.9. The third-order valence-electron chi connectivity index (χ3n) is 13.1. The van der Waals surface area contributed by atoms with Crippen LogP contribution in [0.15, 0.2) is 103 Å². The summed E-state index contributed by atoms with van der Waals surface area (Å²) < 4.78 is 40.8. The van der Waals surface area contributed by atoms with Crippen LogP contribution in [-0.2, 0) is 58.9 Å². The molecule has 19 heteroatoms. The molecular weight excluding hydrogens is 949 g/mol. The molecule has 1 saturated heterocycles. The zero-order valence-corrected chi connectivity index (χ0v) is 42.9. The van der Waals surface area contributed by atoms with Gasteiger partial charge in [-0.25, -0.2) is 19.2 Å². The van der Waals surface area contributed by atoms with Gasteiger partial charge in [-0.15, -0.1) is 0 Å². The van der Waals surface area contributed by atoms with Crippen molar-refractivity contribution in [1.29, 1.82) is 0 Å². The Morgan fingerprint density at radius 3 is 1.96 bits per heavy atom. The third-order valence-corrected chi connectivity index (χ3v) is 13.1.